The van der Waals surface area contributed by atoms with Crippen LogP contribution in [0.25, 0.3) is 0 Å². The van der Waals surface area contributed by atoms with Crippen molar-refractivity contribution in [2.75, 3.05) is 19.0 Å². The first-order valence-corrected chi connectivity index (χ1v) is 6.77. The lowest BCUT2D eigenvalue weighted by Gasteiger charge is -2.10. The number of pyridine rings is 1. The van der Waals surface area contributed by atoms with Crippen LogP contribution in [0, 0.1) is 0 Å². The molecule has 6 heteroatoms. The topological polar surface area (TPSA) is 72.5 Å². The van der Waals surface area contributed by atoms with E-state index in [0.717, 1.165) is 11.4 Å². The predicted octanol–water partition coefficient (Wildman–Crippen LogP) is 2.31. The van der Waals surface area contributed by atoms with Gasteiger partial charge in [0.1, 0.15) is 0 Å². The van der Waals surface area contributed by atoms with Gasteiger partial charge in [-0.3, -0.25) is 4.79 Å². The van der Waals surface area contributed by atoms with Crippen LogP contribution < -0.4 is 20.1 Å². The second kappa shape index (κ2) is 6.17. The van der Waals surface area contributed by atoms with Gasteiger partial charge in [0.15, 0.2) is 11.5 Å². The van der Waals surface area contributed by atoms with Gasteiger partial charge < -0.3 is 20.1 Å². The third-order valence-corrected chi connectivity index (χ3v) is 3.08. The van der Waals surface area contributed by atoms with Crippen molar-refractivity contribution in [3.05, 3.63) is 54.4 Å². The summed E-state index contributed by atoms with van der Waals surface area (Å²) in [5.74, 6) is 1.62. The fraction of sp³-hybridized carbons (Fsp3) is 0.125. The largest absolute Gasteiger partial charge is 0.493 e. The third kappa shape index (κ3) is 3.17. The number of nitrogens with zero attached hydrogens (tertiary/aromatic N) is 1. The predicted molar refractivity (Wildman–Crippen MR) is 82.0 cm³/mol. The second-order valence-electron chi connectivity index (χ2n) is 4.65. The van der Waals surface area contributed by atoms with Crippen molar-refractivity contribution in [3.8, 4) is 17.4 Å². The van der Waals surface area contributed by atoms with Crippen molar-refractivity contribution in [3.63, 3.8) is 0 Å². The van der Waals surface area contributed by atoms with Gasteiger partial charge in [0, 0.05) is 17.8 Å². The highest BCUT2D eigenvalue weighted by Gasteiger charge is 2.11. The molecular formula is C16H15N3O3. The van der Waals surface area contributed by atoms with Gasteiger partial charge in [-0.1, -0.05) is 12.1 Å². The number of ether oxygens (including phenoxy) is 2. The van der Waals surface area contributed by atoms with Crippen molar-refractivity contribution < 1.29 is 14.3 Å². The van der Waals surface area contributed by atoms with Crippen LogP contribution in [0.3, 0.4) is 0 Å². The Morgan fingerprint density at radius 1 is 1.18 bits per heavy atom. The van der Waals surface area contributed by atoms with E-state index in [-0.39, 0.29) is 5.91 Å². The molecule has 0 spiro atoms. The van der Waals surface area contributed by atoms with Gasteiger partial charge >= 0.3 is 0 Å². The van der Waals surface area contributed by atoms with E-state index in [4.69, 9.17) is 9.47 Å². The lowest BCUT2D eigenvalue weighted by molar-refractivity contribution is -0.115. The first-order valence-electron chi connectivity index (χ1n) is 6.77. The highest BCUT2D eigenvalue weighted by atomic mass is 16.5. The highest BCUT2D eigenvalue weighted by molar-refractivity contribution is 5.91. The Morgan fingerprint density at radius 3 is 2.64 bits per heavy atom. The molecule has 0 unspecified atom stereocenters. The van der Waals surface area contributed by atoms with Gasteiger partial charge in [0.2, 0.25) is 11.8 Å². The standard InChI is InChI=1S/C16H15N3O3/c1-21-13-4-2-3-5-14(13)22-16-7-6-11(9-18-16)19-12-8-15(20)17-10-12/h2-9,19H,10H2,1H3,(H,17,20). The van der Waals surface area contributed by atoms with Crippen LogP contribution in [0.4, 0.5) is 5.69 Å². The first-order chi connectivity index (χ1) is 10.7. The maximum Gasteiger partial charge on any atom is 0.246 e. The zero-order valence-electron chi connectivity index (χ0n) is 12.0. The first kappa shape index (κ1) is 13.9. The van der Waals surface area contributed by atoms with Gasteiger partial charge in [0.05, 0.1) is 25.5 Å². The van der Waals surface area contributed by atoms with Gasteiger partial charge in [0.25, 0.3) is 0 Å². The molecule has 6 nitrogen and oxygen atoms in total. The number of carbonyl (C=O) groups excluding carboxylic acids is 1. The normalized spacial score (nSPS) is 13.3. The molecule has 2 aromatic rings. The number of benzene rings is 1. The molecule has 0 bridgehead atoms. The van der Waals surface area contributed by atoms with Crippen LogP contribution in [0.5, 0.6) is 17.4 Å². The molecule has 22 heavy (non-hydrogen) atoms. The zero-order valence-corrected chi connectivity index (χ0v) is 12.0. The van der Waals surface area contributed by atoms with Gasteiger partial charge in [-0.15, -0.1) is 0 Å². The van der Waals surface area contributed by atoms with Crippen molar-refractivity contribution in [1.82, 2.24) is 10.3 Å². The maximum atomic E-state index is 11.1. The summed E-state index contributed by atoms with van der Waals surface area (Å²) in [6.45, 7) is 0.498. The molecule has 2 N–H and O–H groups in total. The van der Waals surface area contributed by atoms with E-state index in [1.807, 2.05) is 30.3 Å². The van der Waals surface area contributed by atoms with Gasteiger partial charge in [-0.05, 0) is 18.2 Å². The number of aromatic nitrogens is 1. The minimum absolute atomic E-state index is 0.0911. The van der Waals surface area contributed by atoms with Gasteiger partial charge in [-0.25, -0.2) is 4.98 Å². The van der Waals surface area contributed by atoms with Crippen LogP contribution in [-0.4, -0.2) is 24.5 Å². The maximum absolute atomic E-state index is 11.1. The summed E-state index contributed by atoms with van der Waals surface area (Å²) >= 11 is 0. The number of rotatable bonds is 5. The Balaban J connectivity index is 1.69. The summed E-state index contributed by atoms with van der Waals surface area (Å²) in [5, 5.41) is 5.81. The van der Waals surface area contributed by atoms with E-state index in [1.54, 1.807) is 19.4 Å². The van der Waals surface area contributed by atoms with E-state index in [9.17, 15) is 4.79 Å². The minimum Gasteiger partial charge on any atom is -0.493 e. The molecule has 1 aromatic carbocycles. The van der Waals surface area contributed by atoms with E-state index in [0.29, 0.717) is 23.9 Å². The van der Waals surface area contributed by atoms with E-state index < -0.39 is 0 Å². The monoisotopic (exact) mass is 297 g/mol. The fourth-order valence-electron chi connectivity index (χ4n) is 2.04. The number of anilines is 1. The molecule has 3 rings (SSSR count). The molecule has 0 radical (unpaired) electrons. The Morgan fingerprint density at radius 2 is 2.00 bits per heavy atom. The fourth-order valence-corrected chi connectivity index (χ4v) is 2.04. The number of hydrogen-bond donors (Lipinski definition) is 2. The molecular weight excluding hydrogens is 282 g/mol. The van der Waals surface area contributed by atoms with Crippen LogP contribution in [0.2, 0.25) is 0 Å². The summed E-state index contributed by atoms with van der Waals surface area (Å²) < 4.78 is 10.9. The molecule has 1 aromatic heterocycles. The van der Waals surface area contributed by atoms with Crippen molar-refractivity contribution >= 4 is 11.6 Å². The SMILES string of the molecule is COc1ccccc1Oc1ccc(NC2=CC(=O)NC2)cn1. The molecule has 112 valence electrons. The molecule has 0 saturated heterocycles. The number of para-hydroxylation sites is 2. The number of nitrogens with one attached hydrogen (secondary N) is 2. The smallest absolute Gasteiger partial charge is 0.246 e. The lowest BCUT2D eigenvalue weighted by Crippen LogP contribution is -2.16. The number of hydrogen-bond acceptors (Lipinski definition) is 5. The van der Waals surface area contributed by atoms with E-state index in [2.05, 4.69) is 15.6 Å². The van der Waals surface area contributed by atoms with Crippen molar-refractivity contribution in [2.24, 2.45) is 0 Å². The molecule has 0 atom stereocenters. The summed E-state index contributed by atoms with van der Waals surface area (Å²) in [5.41, 5.74) is 1.60. The Kier molecular flexibility index (Phi) is 3.91. The van der Waals surface area contributed by atoms with Crippen molar-refractivity contribution in [2.45, 2.75) is 0 Å². The summed E-state index contributed by atoms with van der Waals surface area (Å²) in [6.07, 6.45) is 3.17. The number of carbonyl (C=O) groups is 1. The van der Waals surface area contributed by atoms with Crippen LogP contribution >= 0.6 is 0 Å². The summed E-state index contributed by atoms with van der Waals surface area (Å²) in [7, 11) is 1.59. The summed E-state index contributed by atoms with van der Waals surface area (Å²) in [6, 6.07) is 11.0. The molecule has 2 heterocycles. The molecule has 1 aliphatic rings. The third-order valence-electron chi connectivity index (χ3n) is 3.08. The van der Waals surface area contributed by atoms with Crippen molar-refractivity contribution in [1.29, 1.82) is 0 Å². The molecule has 0 fully saturated rings. The lowest BCUT2D eigenvalue weighted by atomic mass is 10.3. The molecule has 1 amide bonds. The Hall–Kier alpha value is -3.02. The quantitative estimate of drug-likeness (QED) is 0.886. The Labute approximate surface area is 127 Å². The zero-order chi connectivity index (χ0) is 15.4. The molecule has 0 saturated carbocycles. The number of methoxy groups -OCH3 is 1. The Bertz CT molecular complexity index is 711. The molecule has 1 aliphatic heterocycles. The van der Waals surface area contributed by atoms with Crippen LogP contribution in [0.1, 0.15) is 0 Å². The van der Waals surface area contributed by atoms with Crippen LogP contribution in [-0.2, 0) is 4.79 Å². The van der Waals surface area contributed by atoms with Crippen LogP contribution in [0.15, 0.2) is 54.4 Å². The molecule has 0 aliphatic carbocycles. The van der Waals surface area contributed by atoms with E-state index >= 15 is 0 Å². The summed E-state index contributed by atoms with van der Waals surface area (Å²) in [4.78, 5) is 15.3. The van der Waals surface area contributed by atoms with Gasteiger partial charge in [-0.2, -0.15) is 0 Å². The second-order valence-corrected chi connectivity index (χ2v) is 4.65. The number of amides is 1. The highest BCUT2D eigenvalue weighted by Crippen LogP contribution is 2.30. The average Bonchev–Trinajstić information content (AvgIpc) is 2.95. The van der Waals surface area contributed by atoms with E-state index in [1.165, 1.54) is 6.08 Å². The average molecular weight is 297 g/mol. The minimum atomic E-state index is -0.0911.